The Bertz CT molecular complexity index is 867. The molecule has 0 spiro atoms. The first-order chi connectivity index (χ1) is 13.2. The Morgan fingerprint density at radius 3 is 2.78 bits per heavy atom. The molecule has 0 aliphatic carbocycles. The number of oxazole rings is 1. The van der Waals surface area contributed by atoms with Crippen molar-refractivity contribution in [2.45, 2.75) is 45.9 Å². The lowest BCUT2D eigenvalue weighted by Gasteiger charge is -2.31. The van der Waals surface area contributed by atoms with Gasteiger partial charge in [-0.3, -0.25) is 9.88 Å². The number of pyridine rings is 1. The molecule has 0 N–H and O–H groups in total. The molecule has 0 aromatic carbocycles. The molecule has 4 rings (SSSR count). The van der Waals surface area contributed by atoms with Crippen LogP contribution in [0, 0.1) is 13.8 Å². The predicted molar refractivity (Wildman–Crippen MR) is 107 cm³/mol. The zero-order valence-corrected chi connectivity index (χ0v) is 16.7. The number of hydrogen-bond donors (Lipinski definition) is 0. The van der Waals surface area contributed by atoms with E-state index in [2.05, 4.69) is 35.0 Å². The van der Waals surface area contributed by atoms with Crippen LogP contribution in [0.25, 0.3) is 10.8 Å². The summed E-state index contributed by atoms with van der Waals surface area (Å²) in [5.74, 6) is 1.67. The van der Waals surface area contributed by atoms with Gasteiger partial charge in [0, 0.05) is 36.9 Å². The number of aromatic nitrogens is 2. The van der Waals surface area contributed by atoms with Crippen molar-refractivity contribution in [1.82, 2.24) is 14.9 Å². The second-order valence-corrected chi connectivity index (χ2v) is 8.37. The smallest absolute Gasteiger partial charge is 0.236 e. The number of thiophene rings is 1. The number of aryl methyl sites for hydroxylation is 2. The fourth-order valence-electron chi connectivity index (χ4n) is 3.37. The van der Waals surface area contributed by atoms with Gasteiger partial charge in [-0.05, 0) is 50.5 Å². The Morgan fingerprint density at radius 1 is 1.22 bits per heavy atom. The van der Waals surface area contributed by atoms with E-state index in [1.807, 2.05) is 19.2 Å². The predicted octanol–water partition coefficient (Wildman–Crippen LogP) is 4.60. The van der Waals surface area contributed by atoms with Gasteiger partial charge in [-0.1, -0.05) is 6.07 Å². The molecule has 1 aliphatic heterocycles. The molecule has 5 nitrogen and oxygen atoms in total. The van der Waals surface area contributed by atoms with Gasteiger partial charge in [0.15, 0.2) is 0 Å². The summed E-state index contributed by atoms with van der Waals surface area (Å²) in [7, 11) is 0. The SMILES string of the molecule is Cc1ccc(-c2nc(CN3CCC(OCc4cccnc4)CC3)c(C)o2)s1. The van der Waals surface area contributed by atoms with Crippen molar-refractivity contribution in [2.24, 2.45) is 0 Å². The van der Waals surface area contributed by atoms with Gasteiger partial charge in [0.25, 0.3) is 0 Å². The van der Waals surface area contributed by atoms with E-state index in [1.165, 1.54) is 4.88 Å². The van der Waals surface area contributed by atoms with Crippen molar-refractivity contribution in [2.75, 3.05) is 13.1 Å². The second kappa shape index (κ2) is 8.33. The fraction of sp³-hybridized carbons (Fsp3) is 0.429. The van der Waals surface area contributed by atoms with Crippen LogP contribution in [0.15, 0.2) is 41.1 Å². The molecule has 0 radical (unpaired) electrons. The number of hydrogen-bond acceptors (Lipinski definition) is 6. The lowest BCUT2D eigenvalue weighted by Crippen LogP contribution is -2.36. The third kappa shape index (κ3) is 4.64. The summed E-state index contributed by atoms with van der Waals surface area (Å²) in [6.45, 7) is 7.65. The van der Waals surface area contributed by atoms with Crippen molar-refractivity contribution in [3.05, 3.63) is 58.6 Å². The largest absolute Gasteiger partial charge is 0.440 e. The van der Waals surface area contributed by atoms with Crippen LogP contribution in [-0.4, -0.2) is 34.1 Å². The minimum Gasteiger partial charge on any atom is -0.440 e. The molecule has 27 heavy (non-hydrogen) atoms. The van der Waals surface area contributed by atoms with Gasteiger partial charge in [-0.2, -0.15) is 0 Å². The molecule has 1 aliphatic rings. The van der Waals surface area contributed by atoms with E-state index in [0.29, 0.717) is 12.7 Å². The highest BCUT2D eigenvalue weighted by Gasteiger charge is 2.22. The molecule has 1 saturated heterocycles. The van der Waals surface area contributed by atoms with Crippen LogP contribution < -0.4 is 0 Å². The molecule has 142 valence electrons. The average molecular weight is 384 g/mol. The standard InChI is InChI=1S/C21H25N3O2S/c1-15-5-6-20(27-15)21-23-19(16(2)26-21)13-24-10-7-18(8-11-24)25-14-17-4-3-9-22-12-17/h3-6,9,12,18H,7-8,10-11,13-14H2,1-2H3. The van der Waals surface area contributed by atoms with Crippen LogP contribution >= 0.6 is 11.3 Å². The van der Waals surface area contributed by atoms with Gasteiger partial charge in [0.05, 0.1) is 23.3 Å². The molecule has 0 unspecified atom stereocenters. The maximum absolute atomic E-state index is 6.06. The highest BCUT2D eigenvalue weighted by atomic mass is 32.1. The van der Waals surface area contributed by atoms with Gasteiger partial charge in [-0.15, -0.1) is 11.3 Å². The molecule has 3 aromatic heterocycles. The molecule has 0 bridgehead atoms. The lowest BCUT2D eigenvalue weighted by atomic mass is 10.1. The van der Waals surface area contributed by atoms with E-state index >= 15 is 0 Å². The van der Waals surface area contributed by atoms with Gasteiger partial charge >= 0.3 is 0 Å². The Balaban J connectivity index is 1.28. The van der Waals surface area contributed by atoms with Gasteiger partial charge < -0.3 is 9.15 Å². The number of ether oxygens (including phenoxy) is 1. The van der Waals surface area contributed by atoms with Gasteiger partial charge in [0.2, 0.25) is 5.89 Å². The third-order valence-electron chi connectivity index (χ3n) is 4.96. The minimum atomic E-state index is 0.324. The quantitative estimate of drug-likeness (QED) is 0.623. The summed E-state index contributed by atoms with van der Waals surface area (Å²) >= 11 is 1.72. The van der Waals surface area contributed by atoms with Crippen LogP contribution in [-0.2, 0) is 17.9 Å². The van der Waals surface area contributed by atoms with Crippen molar-refractivity contribution in [3.8, 4) is 10.8 Å². The maximum Gasteiger partial charge on any atom is 0.236 e. The summed E-state index contributed by atoms with van der Waals surface area (Å²) in [5, 5.41) is 0. The summed E-state index contributed by atoms with van der Waals surface area (Å²) in [6.07, 6.45) is 6.08. The van der Waals surface area contributed by atoms with Gasteiger partial charge in [0.1, 0.15) is 5.76 Å². The van der Waals surface area contributed by atoms with E-state index in [0.717, 1.165) is 60.3 Å². The highest BCUT2D eigenvalue weighted by Crippen LogP contribution is 2.29. The van der Waals surface area contributed by atoms with Gasteiger partial charge in [-0.25, -0.2) is 4.98 Å². The van der Waals surface area contributed by atoms with Crippen LogP contribution in [0.2, 0.25) is 0 Å². The van der Waals surface area contributed by atoms with Crippen molar-refractivity contribution in [1.29, 1.82) is 0 Å². The first kappa shape index (κ1) is 18.3. The minimum absolute atomic E-state index is 0.324. The molecule has 0 amide bonds. The third-order valence-corrected chi connectivity index (χ3v) is 5.95. The van der Waals surface area contributed by atoms with E-state index in [-0.39, 0.29) is 0 Å². The van der Waals surface area contributed by atoms with Crippen LogP contribution in [0.1, 0.15) is 34.7 Å². The molecule has 0 saturated carbocycles. The van der Waals surface area contributed by atoms with Crippen LogP contribution in [0.4, 0.5) is 0 Å². The number of rotatable bonds is 6. The normalized spacial score (nSPS) is 16.1. The van der Waals surface area contributed by atoms with E-state index in [4.69, 9.17) is 14.1 Å². The first-order valence-corrected chi connectivity index (χ1v) is 10.2. The summed E-state index contributed by atoms with van der Waals surface area (Å²) in [5.41, 5.74) is 2.18. The topological polar surface area (TPSA) is 51.4 Å². The summed E-state index contributed by atoms with van der Waals surface area (Å²) < 4.78 is 12.0. The average Bonchev–Trinajstić information content (AvgIpc) is 3.28. The summed E-state index contributed by atoms with van der Waals surface area (Å²) in [6, 6.07) is 8.20. The zero-order chi connectivity index (χ0) is 18.6. The van der Waals surface area contributed by atoms with Crippen molar-refractivity contribution >= 4 is 11.3 Å². The molecular weight excluding hydrogens is 358 g/mol. The second-order valence-electron chi connectivity index (χ2n) is 7.08. The van der Waals surface area contributed by atoms with Crippen LogP contribution in [0.3, 0.4) is 0 Å². The van der Waals surface area contributed by atoms with Crippen molar-refractivity contribution in [3.63, 3.8) is 0 Å². The van der Waals surface area contributed by atoms with Crippen molar-refractivity contribution < 1.29 is 9.15 Å². The molecule has 0 atom stereocenters. The number of piperidine rings is 1. The molecule has 4 heterocycles. The Kier molecular flexibility index (Phi) is 5.66. The molecule has 3 aromatic rings. The maximum atomic E-state index is 6.06. The Labute approximate surface area is 164 Å². The highest BCUT2D eigenvalue weighted by molar-refractivity contribution is 7.15. The molecule has 1 fully saturated rings. The zero-order valence-electron chi connectivity index (χ0n) is 15.9. The lowest BCUT2D eigenvalue weighted by molar-refractivity contribution is -0.00427. The Hall–Kier alpha value is -2.02. The Morgan fingerprint density at radius 2 is 2.07 bits per heavy atom. The molecular formula is C21H25N3O2S. The monoisotopic (exact) mass is 383 g/mol. The van der Waals surface area contributed by atoms with E-state index in [1.54, 1.807) is 17.5 Å². The fourth-order valence-corrected chi connectivity index (χ4v) is 4.17. The van der Waals surface area contributed by atoms with Crippen LogP contribution in [0.5, 0.6) is 0 Å². The number of nitrogens with zero attached hydrogens (tertiary/aromatic N) is 3. The van der Waals surface area contributed by atoms with E-state index in [9.17, 15) is 0 Å². The number of likely N-dealkylation sites (tertiary alicyclic amines) is 1. The summed E-state index contributed by atoms with van der Waals surface area (Å²) in [4.78, 5) is 13.7. The van der Waals surface area contributed by atoms with E-state index < -0.39 is 0 Å². The molecule has 6 heteroatoms. The first-order valence-electron chi connectivity index (χ1n) is 9.43.